The first kappa shape index (κ1) is 18.0. The van der Waals surface area contributed by atoms with Crippen LogP contribution < -0.4 is 5.32 Å². The van der Waals surface area contributed by atoms with Gasteiger partial charge < -0.3 is 5.32 Å². The number of anilines is 1. The van der Waals surface area contributed by atoms with Gasteiger partial charge in [0.05, 0.1) is 0 Å². The number of benzene rings is 2. The molecular formula is C21H25ClN2O. The Bertz CT molecular complexity index is 734. The summed E-state index contributed by atoms with van der Waals surface area (Å²) in [6.45, 7) is 6.92. The van der Waals surface area contributed by atoms with Crippen molar-refractivity contribution >= 4 is 23.2 Å². The molecule has 0 radical (unpaired) electrons. The van der Waals surface area contributed by atoms with Crippen LogP contribution in [0.4, 0.5) is 5.69 Å². The summed E-state index contributed by atoms with van der Waals surface area (Å²) in [6.07, 6.45) is 1.80. The van der Waals surface area contributed by atoms with Crippen molar-refractivity contribution < 1.29 is 4.79 Å². The van der Waals surface area contributed by atoms with E-state index in [1.165, 1.54) is 11.1 Å². The number of nitrogens with one attached hydrogen (secondary N) is 1. The monoisotopic (exact) mass is 356 g/mol. The Labute approximate surface area is 155 Å². The molecule has 0 atom stereocenters. The molecule has 1 amide bonds. The van der Waals surface area contributed by atoms with E-state index in [4.69, 9.17) is 11.6 Å². The van der Waals surface area contributed by atoms with E-state index in [1.807, 2.05) is 25.1 Å². The van der Waals surface area contributed by atoms with E-state index in [2.05, 4.69) is 41.4 Å². The van der Waals surface area contributed by atoms with Crippen LogP contribution in [0.1, 0.15) is 29.5 Å². The number of likely N-dealkylation sites (tertiary alicyclic amines) is 1. The minimum Gasteiger partial charge on any atom is -0.326 e. The maximum atomic E-state index is 12.6. The molecule has 1 heterocycles. The molecule has 4 heteroatoms. The highest BCUT2D eigenvalue weighted by Crippen LogP contribution is 2.25. The summed E-state index contributed by atoms with van der Waals surface area (Å²) < 4.78 is 0. The summed E-state index contributed by atoms with van der Waals surface area (Å²) in [7, 11) is 0. The fraction of sp³-hybridized carbons (Fsp3) is 0.381. The summed E-state index contributed by atoms with van der Waals surface area (Å²) in [5.41, 5.74) is 4.37. The van der Waals surface area contributed by atoms with Crippen molar-refractivity contribution in [2.24, 2.45) is 5.92 Å². The van der Waals surface area contributed by atoms with Gasteiger partial charge in [0, 0.05) is 23.2 Å². The molecule has 3 nitrogen and oxygen atoms in total. The standard InChI is InChI=1S/C21H25ClN2O/c1-15-6-8-17(9-7-15)14-24-12-10-18(11-13-24)21(25)23-20-5-3-4-19(22)16(20)2/h3-9,18H,10-14H2,1-2H3,(H,23,25). The predicted octanol–water partition coefficient (Wildman–Crippen LogP) is 4.81. The molecule has 2 aromatic rings. The first-order valence-corrected chi connectivity index (χ1v) is 9.24. The lowest BCUT2D eigenvalue weighted by Gasteiger charge is -2.31. The van der Waals surface area contributed by atoms with Gasteiger partial charge >= 0.3 is 0 Å². The zero-order chi connectivity index (χ0) is 17.8. The molecule has 1 aliphatic heterocycles. The Kier molecular flexibility index (Phi) is 5.77. The van der Waals surface area contributed by atoms with E-state index in [1.54, 1.807) is 0 Å². The number of halogens is 1. The maximum absolute atomic E-state index is 12.6. The maximum Gasteiger partial charge on any atom is 0.227 e. The van der Waals surface area contributed by atoms with Gasteiger partial charge in [-0.15, -0.1) is 0 Å². The normalized spacial score (nSPS) is 16.0. The molecule has 2 aromatic carbocycles. The van der Waals surface area contributed by atoms with Gasteiger partial charge in [-0.2, -0.15) is 0 Å². The van der Waals surface area contributed by atoms with Crippen LogP contribution in [0.2, 0.25) is 5.02 Å². The lowest BCUT2D eigenvalue weighted by Crippen LogP contribution is -2.37. The first-order chi connectivity index (χ1) is 12.0. The smallest absolute Gasteiger partial charge is 0.227 e. The Hall–Kier alpha value is -1.84. The highest BCUT2D eigenvalue weighted by Gasteiger charge is 2.25. The van der Waals surface area contributed by atoms with Crippen molar-refractivity contribution in [1.82, 2.24) is 4.90 Å². The van der Waals surface area contributed by atoms with E-state index in [0.717, 1.165) is 43.7 Å². The zero-order valence-electron chi connectivity index (χ0n) is 14.9. The predicted molar refractivity (Wildman–Crippen MR) is 104 cm³/mol. The zero-order valence-corrected chi connectivity index (χ0v) is 15.6. The second-order valence-corrected chi connectivity index (χ2v) is 7.34. The van der Waals surface area contributed by atoms with Crippen LogP contribution in [-0.4, -0.2) is 23.9 Å². The second-order valence-electron chi connectivity index (χ2n) is 6.94. The van der Waals surface area contributed by atoms with Gasteiger partial charge in [-0.1, -0.05) is 47.5 Å². The fourth-order valence-electron chi connectivity index (χ4n) is 3.28. The summed E-state index contributed by atoms with van der Waals surface area (Å²) in [5, 5.41) is 3.74. The Balaban J connectivity index is 1.52. The van der Waals surface area contributed by atoms with E-state index >= 15 is 0 Å². The SMILES string of the molecule is Cc1ccc(CN2CCC(C(=O)Nc3cccc(Cl)c3C)CC2)cc1. The highest BCUT2D eigenvalue weighted by atomic mass is 35.5. The van der Waals surface area contributed by atoms with E-state index < -0.39 is 0 Å². The van der Waals surface area contributed by atoms with Crippen molar-refractivity contribution in [3.63, 3.8) is 0 Å². The average Bonchev–Trinajstić information content (AvgIpc) is 2.61. The van der Waals surface area contributed by atoms with Crippen molar-refractivity contribution in [2.45, 2.75) is 33.2 Å². The topological polar surface area (TPSA) is 32.3 Å². The van der Waals surface area contributed by atoms with Gasteiger partial charge in [0.2, 0.25) is 5.91 Å². The molecule has 1 fully saturated rings. The highest BCUT2D eigenvalue weighted by molar-refractivity contribution is 6.31. The molecule has 1 saturated heterocycles. The van der Waals surface area contributed by atoms with Crippen LogP contribution in [-0.2, 0) is 11.3 Å². The molecule has 0 bridgehead atoms. The number of piperidine rings is 1. The third-order valence-corrected chi connectivity index (χ3v) is 5.42. The Morgan fingerprint density at radius 2 is 1.80 bits per heavy atom. The molecule has 0 spiro atoms. The molecule has 25 heavy (non-hydrogen) atoms. The number of carbonyl (C=O) groups excluding carboxylic acids is 1. The lowest BCUT2D eigenvalue weighted by atomic mass is 9.95. The van der Waals surface area contributed by atoms with Gasteiger partial charge in [-0.3, -0.25) is 9.69 Å². The molecule has 132 valence electrons. The molecule has 0 saturated carbocycles. The molecule has 1 N–H and O–H groups in total. The minimum absolute atomic E-state index is 0.0765. The number of amides is 1. The number of rotatable bonds is 4. The Morgan fingerprint density at radius 1 is 1.12 bits per heavy atom. The quantitative estimate of drug-likeness (QED) is 0.852. The molecule has 0 unspecified atom stereocenters. The van der Waals surface area contributed by atoms with Crippen LogP contribution in [0.25, 0.3) is 0 Å². The van der Waals surface area contributed by atoms with Gasteiger partial charge in [0.15, 0.2) is 0 Å². The lowest BCUT2D eigenvalue weighted by molar-refractivity contribution is -0.121. The largest absolute Gasteiger partial charge is 0.326 e. The Morgan fingerprint density at radius 3 is 2.48 bits per heavy atom. The van der Waals surface area contributed by atoms with Crippen LogP contribution in [0.5, 0.6) is 0 Å². The van der Waals surface area contributed by atoms with E-state index in [-0.39, 0.29) is 11.8 Å². The van der Waals surface area contributed by atoms with Crippen LogP contribution in [0.15, 0.2) is 42.5 Å². The van der Waals surface area contributed by atoms with Crippen molar-refractivity contribution in [2.75, 3.05) is 18.4 Å². The van der Waals surface area contributed by atoms with Gasteiger partial charge in [0.1, 0.15) is 0 Å². The molecular weight excluding hydrogens is 332 g/mol. The summed E-state index contributed by atoms with van der Waals surface area (Å²) in [5.74, 6) is 0.188. The van der Waals surface area contributed by atoms with Gasteiger partial charge in [0.25, 0.3) is 0 Å². The molecule has 0 aliphatic carbocycles. The van der Waals surface area contributed by atoms with Crippen LogP contribution in [0, 0.1) is 19.8 Å². The van der Waals surface area contributed by atoms with E-state index in [9.17, 15) is 4.79 Å². The van der Waals surface area contributed by atoms with Crippen LogP contribution >= 0.6 is 11.6 Å². The van der Waals surface area contributed by atoms with Crippen molar-refractivity contribution in [1.29, 1.82) is 0 Å². The van der Waals surface area contributed by atoms with Gasteiger partial charge in [-0.25, -0.2) is 0 Å². The first-order valence-electron chi connectivity index (χ1n) is 8.87. The molecule has 0 aromatic heterocycles. The van der Waals surface area contributed by atoms with Gasteiger partial charge in [-0.05, 0) is 63.0 Å². The van der Waals surface area contributed by atoms with Crippen molar-refractivity contribution in [3.05, 3.63) is 64.2 Å². The third kappa shape index (κ3) is 4.62. The fourth-order valence-corrected chi connectivity index (χ4v) is 3.46. The number of hydrogen-bond donors (Lipinski definition) is 1. The van der Waals surface area contributed by atoms with Crippen molar-refractivity contribution in [3.8, 4) is 0 Å². The number of carbonyl (C=O) groups is 1. The number of aryl methyl sites for hydroxylation is 1. The minimum atomic E-state index is 0.0765. The second kappa shape index (κ2) is 8.03. The number of hydrogen-bond acceptors (Lipinski definition) is 2. The molecule has 1 aliphatic rings. The number of nitrogens with zero attached hydrogens (tertiary/aromatic N) is 1. The summed E-state index contributed by atoms with van der Waals surface area (Å²) >= 11 is 6.13. The van der Waals surface area contributed by atoms with Crippen LogP contribution in [0.3, 0.4) is 0 Å². The molecule has 3 rings (SSSR count). The average molecular weight is 357 g/mol. The van der Waals surface area contributed by atoms with E-state index in [0.29, 0.717) is 5.02 Å². The summed E-state index contributed by atoms with van der Waals surface area (Å²) in [4.78, 5) is 15.0. The third-order valence-electron chi connectivity index (χ3n) is 5.01. The summed E-state index contributed by atoms with van der Waals surface area (Å²) in [6, 6.07) is 14.3.